The number of carbonyl (C=O) groups is 1. The van der Waals surface area contributed by atoms with Gasteiger partial charge in [0.05, 0.1) is 11.3 Å². The molecule has 1 heterocycles. The first kappa shape index (κ1) is 15.4. The van der Waals surface area contributed by atoms with Crippen LogP contribution in [-0.4, -0.2) is 15.7 Å². The average molecular weight is 375 g/mol. The molecular weight excluding hydrogens is 363 g/mol. The first-order valence-electron chi connectivity index (χ1n) is 6.84. The number of halogens is 2. The summed E-state index contributed by atoms with van der Waals surface area (Å²) in [6, 6.07) is 13.2. The monoisotopic (exact) mass is 374 g/mol. The van der Waals surface area contributed by atoms with E-state index in [1.807, 2.05) is 36.5 Å². The van der Waals surface area contributed by atoms with E-state index in [4.69, 9.17) is 4.74 Å². The molecule has 0 aliphatic carbocycles. The van der Waals surface area contributed by atoms with E-state index in [2.05, 4.69) is 21.0 Å². The van der Waals surface area contributed by atoms with Crippen LogP contribution in [0.15, 0.2) is 65.4 Å². The quantitative estimate of drug-likeness (QED) is 0.644. The second kappa shape index (κ2) is 6.75. The van der Waals surface area contributed by atoms with Crippen LogP contribution >= 0.6 is 15.9 Å². The highest BCUT2D eigenvalue weighted by Crippen LogP contribution is 2.19. The predicted octanol–water partition coefficient (Wildman–Crippen LogP) is 4.13. The summed E-state index contributed by atoms with van der Waals surface area (Å²) in [6.45, 7) is 0.112. The lowest BCUT2D eigenvalue weighted by Crippen LogP contribution is -2.06. The molecule has 6 heteroatoms. The van der Waals surface area contributed by atoms with Crippen LogP contribution in [-0.2, 0) is 11.3 Å². The van der Waals surface area contributed by atoms with Crippen LogP contribution in [0.1, 0.15) is 15.9 Å². The number of nitrogens with zero attached hydrogens (tertiary/aromatic N) is 2. The first-order chi connectivity index (χ1) is 11.1. The Kier molecular flexibility index (Phi) is 4.52. The summed E-state index contributed by atoms with van der Waals surface area (Å²) in [6.07, 6.45) is 3.54. The fraction of sp³-hybridized carbons (Fsp3) is 0.0588. The van der Waals surface area contributed by atoms with Gasteiger partial charge in [-0.15, -0.1) is 0 Å². The van der Waals surface area contributed by atoms with E-state index in [-0.39, 0.29) is 12.2 Å². The van der Waals surface area contributed by atoms with Crippen LogP contribution < -0.4 is 0 Å². The standard InChI is InChI=1S/C17H12BrFN2O2/c18-16-7-4-13(19)10-15(16)17(22)23-11-12-2-5-14(6-3-12)21-9-1-8-20-21/h1-10H,11H2. The largest absolute Gasteiger partial charge is 0.457 e. The Balaban J connectivity index is 1.66. The van der Waals surface area contributed by atoms with Gasteiger partial charge in [0.2, 0.25) is 0 Å². The van der Waals surface area contributed by atoms with Gasteiger partial charge in [0.25, 0.3) is 0 Å². The van der Waals surface area contributed by atoms with Crippen molar-refractivity contribution in [2.45, 2.75) is 6.61 Å². The minimum Gasteiger partial charge on any atom is -0.457 e. The third-order valence-corrected chi connectivity index (χ3v) is 3.92. The number of carbonyl (C=O) groups excluding carboxylic acids is 1. The molecule has 116 valence electrons. The van der Waals surface area contributed by atoms with E-state index in [0.717, 1.165) is 17.3 Å². The number of rotatable bonds is 4. The van der Waals surface area contributed by atoms with E-state index >= 15 is 0 Å². The summed E-state index contributed by atoms with van der Waals surface area (Å²) in [4.78, 5) is 12.0. The summed E-state index contributed by atoms with van der Waals surface area (Å²) >= 11 is 3.21. The van der Waals surface area contributed by atoms with E-state index in [1.54, 1.807) is 10.9 Å². The van der Waals surface area contributed by atoms with Crippen LogP contribution in [0.5, 0.6) is 0 Å². The highest BCUT2D eigenvalue weighted by Gasteiger charge is 2.12. The Morgan fingerprint density at radius 2 is 2.00 bits per heavy atom. The van der Waals surface area contributed by atoms with Crippen molar-refractivity contribution < 1.29 is 13.9 Å². The van der Waals surface area contributed by atoms with Gasteiger partial charge in [-0.3, -0.25) is 0 Å². The van der Waals surface area contributed by atoms with Crippen molar-refractivity contribution in [2.24, 2.45) is 0 Å². The van der Waals surface area contributed by atoms with Crippen molar-refractivity contribution in [2.75, 3.05) is 0 Å². The van der Waals surface area contributed by atoms with Gasteiger partial charge >= 0.3 is 5.97 Å². The van der Waals surface area contributed by atoms with Crippen molar-refractivity contribution in [3.8, 4) is 5.69 Å². The van der Waals surface area contributed by atoms with Crippen LogP contribution in [0.4, 0.5) is 4.39 Å². The molecule has 3 aromatic rings. The molecule has 23 heavy (non-hydrogen) atoms. The topological polar surface area (TPSA) is 44.1 Å². The lowest BCUT2D eigenvalue weighted by Gasteiger charge is -2.08. The number of hydrogen-bond donors (Lipinski definition) is 0. The Morgan fingerprint density at radius 3 is 2.70 bits per heavy atom. The molecule has 3 rings (SSSR count). The van der Waals surface area contributed by atoms with Crippen molar-refractivity contribution in [1.82, 2.24) is 9.78 Å². The van der Waals surface area contributed by atoms with Gasteiger partial charge in [0, 0.05) is 16.9 Å². The molecule has 0 saturated carbocycles. The fourth-order valence-corrected chi connectivity index (χ4v) is 2.46. The van der Waals surface area contributed by atoms with E-state index in [9.17, 15) is 9.18 Å². The molecule has 1 aromatic heterocycles. The van der Waals surface area contributed by atoms with Gasteiger partial charge in [-0.1, -0.05) is 12.1 Å². The normalized spacial score (nSPS) is 10.5. The molecule has 0 saturated heterocycles. The van der Waals surface area contributed by atoms with E-state index in [0.29, 0.717) is 4.47 Å². The molecule has 0 aliphatic heterocycles. The number of ether oxygens (including phenoxy) is 1. The molecule has 2 aromatic carbocycles. The highest BCUT2D eigenvalue weighted by molar-refractivity contribution is 9.10. The molecule has 0 bridgehead atoms. The molecular formula is C17H12BrFN2O2. The zero-order valence-corrected chi connectivity index (χ0v) is 13.5. The summed E-state index contributed by atoms with van der Waals surface area (Å²) in [5.41, 5.74) is 1.91. The SMILES string of the molecule is O=C(OCc1ccc(-n2cccn2)cc1)c1cc(F)ccc1Br. The highest BCUT2D eigenvalue weighted by atomic mass is 79.9. The number of benzene rings is 2. The summed E-state index contributed by atoms with van der Waals surface area (Å²) in [5, 5.41) is 4.14. The first-order valence-corrected chi connectivity index (χ1v) is 7.64. The van der Waals surface area contributed by atoms with Gasteiger partial charge in [-0.25, -0.2) is 13.9 Å². The Morgan fingerprint density at radius 1 is 1.22 bits per heavy atom. The lowest BCUT2D eigenvalue weighted by molar-refractivity contribution is 0.0471. The third kappa shape index (κ3) is 3.65. The van der Waals surface area contributed by atoms with Crippen LogP contribution in [0.2, 0.25) is 0 Å². The maximum absolute atomic E-state index is 13.2. The Bertz CT molecular complexity index is 817. The van der Waals surface area contributed by atoms with Crippen molar-refractivity contribution in [3.05, 3.63) is 82.3 Å². The summed E-state index contributed by atoms with van der Waals surface area (Å²) in [5.74, 6) is -1.06. The molecule has 0 N–H and O–H groups in total. The number of hydrogen-bond acceptors (Lipinski definition) is 3. The van der Waals surface area contributed by atoms with Gasteiger partial charge in [-0.05, 0) is 57.9 Å². The number of esters is 1. The molecule has 0 fully saturated rings. The molecule has 0 amide bonds. The van der Waals surface area contributed by atoms with Crippen molar-refractivity contribution >= 4 is 21.9 Å². The molecule has 0 atom stereocenters. The third-order valence-electron chi connectivity index (χ3n) is 3.22. The van der Waals surface area contributed by atoms with Crippen LogP contribution in [0, 0.1) is 5.82 Å². The van der Waals surface area contributed by atoms with E-state index < -0.39 is 11.8 Å². The second-order valence-corrected chi connectivity index (χ2v) is 5.67. The molecule has 0 aliphatic rings. The predicted molar refractivity (Wildman–Crippen MR) is 86.8 cm³/mol. The maximum Gasteiger partial charge on any atom is 0.339 e. The van der Waals surface area contributed by atoms with Gasteiger partial charge in [0.15, 0.2) is 0 Å². The molecule has 0 spiro atoms. The van der Waals surface area contributed by atoms with Gasteiger partial charge in [-0.2, -0.15) is 5.10 Å². The average Bonchev–Trinajstić information content (AvgIpc) is 3.10. The Labute approximate surface area is 140 Å². The lowest BCUT2D eigenvalue weighted by atomic mass is 10.2. The summed E-state index contributed by atoms with van der Waals surface area (Å²) < 4.78 is 20.7. The molecule has 0 unspecified atom stereocenters. The molecule has 4 nitrogen and oxygen atoms in total. The fourth-order valence-electron chi connectivity index (χ4n) is 2.05. The summed E-state index contributed by atoms with van der Waals surface area (Å²) in [7, 11) is 0. The zero-order valence-electron chi connectivity index (χ0n) is 11.9. The van der Waals surface area contributed by atoms with Gasteiger partial charge in [0.1, 0.15) is 12.4 Å². The minimum atomic E-state index is -0.576. The van der Waals surface area contributed by atoms with Crippen molar-refractivity contribution in [3.63, 3.8) is 0 Å². The minimum absolute atomic E-state index is 0.112. The van der Waals surface area contributed by atoms with Crippen LogP contribution in [0.3, 0.4) is 0 Å². The van der Waals surface area contributed by atoms with Crippen LogP contribution in [0.25, 0.3) is 5.69 Å². The second-order valence-electron chi connectivity index (χ2n) is 4.82. The smallest absolute Gasteiger partial charge is 0.339 e. The zero-order chi connectivity index (χ0) is 16.2. The van der Waals surface area contributed by atoms with E-state index in [1.165, 1.54) is 12.1 Å². The maximum atomic E-state index is 13.2. The van der Waals surface area contributed by atoms with Crippen molar-refractivity contribution in [1.29, 1.82) is 0 Å². The Hall–Kier alpha value is -2.47. The molecule has 0 radical (unpaired) electrons. The number of aromatic nitrogens is 2. The van der Waals surface area contributed by atoms with Gasteiger partial charge < -0.3 is 4.74 Å².